The van der Waals surface area contributed by atoms with Gasteiger partial charge in [-0.3, -0.25) is 14.5 Å². The number of imide groups is 1. The lowest BCUT2D eigenvalue weighted by Crippen LogP contribution is -2.28. The van der Waals surface area contributed by atoms with Gasteiger partial charge in [-0.2, -0.15) is 0 Å². The van der Waals surface area contributed by atoms with E-state index in [4.69, 9.17) is 5.11 Å². The maximum atomic E-state index is 11.4. The highest BCUT2D eigenvalue weighted by atomic mass is 16.4. The first-order valence-corrected chi connectivity index (χ1v) is 4.79. The average molecular weight is 219 g/mol. The summed E-state index contributed by atoms with van der Waals surface area (Å²) in [4.78, 5) is 34.6. The monoisotopic (exact) mass is 219 g/mol. The molecular weight excluding hydrogens is 210 g/mol. The Labute approximate surface area is 91.3 Å². The van der Waals surface area contributed by atoms with Crippen molar-refractivity contribution in [3.63, 3.8) is 0 Å². The van der Waals surface area contributed by atoms with E-state index in [1.54, 1.807) is 6.07 Å². The van der Waals surface area contributed by atoms with Crippen molar-refractivity contribution >= 4 is 23.5 Å². The Bertz CT molecular complexity index is 465. The van der Waals surface area contributed by atoms with Gasteiger partial charge in [-0.25, -0.2) is 4.79 Å². The number of amides is 2. The van der Waals surface area contributed by atoms with Gasteiger partial charge in [0.25, 0.3) is 0 Å². The van der Waals surface area contributed by atoms with Gasteiger partial charge in [-0.1, -0.05) is 6.07 Å². The van der Waals surface area contributed by atoms with Gasteiger partial charge >= 0.3 is 5.97 Å². The molecule has 1 fully saturated rings. The third-order valence-corrected chi connectivity index (χ3v) is 2.40. The summed E-state index contributed by atoms with van der Waals surface area (Å²) in [5.41, 5.74) is 0.386. The van der Waals surface area contributed by atoms with Crippen molar-refractivity contribution in [1.29, 1.82) is 0 Å². The summed E-state index contributed by atoms with van der Waals surface area (Å²) in [5, 5.41) is 8.80. The first-order valence-electron chi connectivity index (χ1n) is 4.79. The van der Waals surface area contributed by atoms with Crippen LogP contribution in [0.2, 0.25) is 0 Å². The Morgan fingerprint density at radius 3 is 2.38 bits per heavy atom. The Balaban J connectivity index is 2.40. The highest BCUT2D eigenvalue weighted by Gasteiger charge is 2.30. The molecule has 0 aliphatic carbocycles. The Morgan fingerprint density at radius 2 is 1.81 bits per heavy atom. The summed E-state index contributed by atoms with van der Waals surface area (Å²) in [7, 11) is 0. The zero-order chi connectivity index (χ0) is 11.7. The maximum Gasteiger partial charge on any atom is 0.335 e. The molecule has 1 aliphatic rings. The molecule has 2 rings (SSSR count). The van der Waals surface area contributed by atoms with Gasteiger partial charge in [0.15, 0.2) is 0 Å². The zero-order valence-corrected chi connectivity index (χ0v) is 8.34. The van der Waals surface area contributed by atoms with Crippen molar-refractivity contribution in [2.45, 2.75) is 12.8 Å². The van der Waals surface area contributed by atoms with Crippen molar-refractivity contribution < 1.29 is 19.5 Å². The van der Waals surface area contributed by atoms with Gasteiger partial charge in [-0.15, -0.1) is 0 Å². The van der Waals surface area contributed by atoms with E-state index in [9.17, 15) is 14.4 Å². The number of carbonyl (C=O) groups excluding carboxylic acids is 2. The fourth-order valence-corrected chi connectivity index (χ4v) is 1.64. The molecule has 5 nitrogen and oxygen atoms in total. The van der Waals surface area contributed by atoms with Gasteiger partial charge in [0.05, 0.1) is 11.3 Å². The molecule has 1 aromatic rings. The molecule has 5 heteroatoms. The predicted octanol–water partition coefficient (Wildman–Crippen LogP) is 1.04. The topological polar surface area (TPSA) is 74.7 Å². The standard InChI is InChI=1S/C11H9NO4/c13-9-4-5-10(14)12(9)8-3-1-2-7(6-8)11(15)16/h1-3,6H,4-5H2,(H,15,16). The first kappa shape index (κ1) is 10.4. The van der Waals surface area contributed by atoms with E-state index >= 15 is 0 Å². The molecule has 1 aliphatic heterocycles. The number of aromatic carboxylic acids is 1. The summed E-state index contributed by atoms with van der Waals surface area (Å²) in [6.07, 6.45) is 0.381. The number of benzene rings is 1. The maximum absolute atomic E-state index is 11.4. The van der Waals surface area contributed by atoms with Gasteiger partial charge in [0, 0.05) is 12.8 Å². The van der Waals surface area contributed by atoms with E-state index in [2.05, 4.69) is 0 Å². The van der Waals surface area contributed by atoms with E-state index in [0.29, 0.717) is 5.69 Å². The molecule has 1 heterocycles. The average Bonchev–Trinajstić information content (AvgIpc) is 2.59. The number of rotatable bonds is 2. The minimum atomic E-state index is -1.08. The Kier molecular flexibility index (Phi) is 2.44. The molecule has 0 spiro atoms. The number of carboxylic acids is 1. The molecule has 0 unspecified atom stereocenters. The third kappa shape index (κ3) is 1.67. The van der Waals surface area contributed by atoms with Gasteiger partial charge in [0.2, 0.25) is 11.8 Å². The van der Waals surface area contributed by atoms with Gasteiger partial charge < -0.3 is 5.11 Å². The second kappa shape index (κ2) is 3.77. The number of hydrogen-bond donors (Lipinski definition) is 1. The molecule has 1 N–H and O–H groups in total. The number of carboxylic acid groups (broad SMARTS) is 1. The number of anilines is 1. The lowest BCUT2D eigenvalue weighted by atomic mass is 10.2. The molecular formula is C11H9NO4. The van der Waals surface area contributed by atoms with Crippen molar-refractivity contribution in [3.05, 3.63) is 29.8 Å². The molecule has 0 radical (unpaired) electrons. The molecule has 16 heavy (non-hydrogen) atoms. The van der Waals surface area contributed by atoms with Crippen LogP contribution in [0.4, 0.5) is 5.69 Å². The van der Waals surface area contributed by atoms with E-state index in [0.717, 1.165) is 4.90 Å². The second-order valence-corrected chi connectivity index (χ2v) is 3.48. The Morgan fingerprint density at radius 1 is 1.19 bits per heavy atom. The van der Waals surface area contributed by atoms with Crippen LogP contribution in [-0.4, -0.2) is 22.9 Å². The molecule has 1 aromatic carbocycles. The van der Waals surface area contributed by atoms with Crippen LogP contribution in [0.25, 0.3) is 0 Å². The molecule has 0 saturated carbocycles. The van der Waals surface area contributed by atoms with E-state index in [1.165, 1.54) is 18.2 Å². The van der Waals surface area contributed by atoms with Crippen LogP contribution in [0.3, 0.4) is 0 Å². The summed E-state index contributed by atoms with van der Waals surface area (Å²) >= 11 is 0. The normalized spacial score (nSPS) is 15.6. The Hall–Kier alpha value is -2.17. The third-order valence-electron chi connectivity index (χ3n) is 2.40. The molecule has 0 atom stereocenters. The highest BCUT2D eigenvalue weighted by Crippen LogP contribution is 2.23. The summed E-state index contributed by atoms with van der Waals surface area (Å²) in [6, 6.07) is 5.80. The summed E-state index contributed by atoms with van der Waals surface area (Å²) in [5.74, 6) is -1.65. The van der Waals surface area contributed by atoms with Crippen LogP contribution < -0.4 is 4.90 Å². The van der Waals surface area contributed by atoms with E-state index in [1.807, 2.05) is 0 Å². The second-order valence-electron chi connectivity index (χ2n) is 3.48. The zero-order valence-electron chi connectivity index (χ0n) is 8.34. The SMILES string of the molecule is O=C(O)c1cccc(N2C(=O)CCC2=O)c1. The van der Waals surface area contributed by atoms with Crippen LogP contribution in [0.1, 0.15) is 23.2 Å². The van der Waals surface area contributed by atoms with Gasteiger partial charge in [0.1, 0.15) is 0 Å². The molecule has 2 amide bonds. The van der Waals surface area contributed by atoms with Crippen LogP contribution in [0, 0.1) is 0 Å². The van der Waals surface area contributed by atoms with E-state index in [-0.39, 0.29) is 30.2 Å². The van der Waals surface area contributed by atoms with Crippen molar-refractivity contribution in [3.8, 4) is 0 Å². The minimum absolute atomic E-state index is 0.0602. The summed E-state index contributed by atoms with van der Waals surface area (Å²) in [6.45, 7) is 0. The first-order chi connectivity index (χ1) is 7.59. The lowest BCUT2D eigenvalue weighted by Gasteiger charge is -2.13. The summed E-state index contributed by atoms with van der Waals surface area (Å²) < 4.78 is 0. The van der Waals surface area contributed by atoms with E-state index < -0.39 is 5.97 Å². The lowest BCUT2D eigenvalue weighted by molar-refractivity contribution is -0.121. The predicted molar refractivity (Wildman–Crippen MR) is 55.1 cm³/mol. The van der Waals surface area contributed by atoms with Crippen molar-refractivity contribution in [2.24, 2.45) is 0 Å². The van der Waals surface area contributed by atoms with Crippen LogP contribution >= 0.6 is 0 Å². The van der Waals surface area contributed by atoms with Crippen LogP contribution in [0.5, 0.6) is 0 Å². The number of nitrogens with zero attached hydrogens (tertiary/aromatic N) is 1. The molecule has 1 saturated heterocycles. The quantitative estimate of drug-likeness (QED) is 0.754. The van der Waals surface area contributed by atoms with Crippen molar-refractivity contribution in [2.75, 3.05) is 4.90 Å². The highest BCUT2D eigenvalue weighted by molar-refractivity contribution is 6.20. The number of carbonyl (C=O) groups is 3. The molecule has 0 bridgehead atoms. The molecule has 82 valence electrons. The smallest absolute Gasteiger partial charge is 0.335 e. The largest absolute Gasteiger partial charge is 0.478 e. The molecule has 0 aromatic heterocycles. The fourth-order valence-electron chi connectivity index (χ4n) is 1.64. The van der Waals surface area contributed by atoms with Crippen LogP contribution in [-0.2, 0) is 9.59 Å². The fraction of sp³-hybridized carbons (Fsp3) is 0.182. The van der Waals surface area contributed by atoms with Crippen LogP contribution in [0.15, 0.2) is 24.3 Å². The van der Waals surface area contributed by atoms with Gasteiger partial charge in [-0.05, 0) is 18.2 Å². The number of hydrogen-bond acceptors (Lipinski definition) is 3. The van der Waals surface area contributed by atoms with Crippen molar-refractivity contribution in [1.82, 2.24) is 0 Å². The minimum Gasteiger partial charge on any atom is -0.478 e.